The predicted octanol–water partition coefficient (Wildman–Crippen LogP) is 8.14. The topological polar surface area (TPSA) is 247 Å². The zero-order valence-electron chi connectivity index (χ0n) is 49.4. The van der Waals surface area contributed by atoms with Crippen molar-refractivity contribution in [2.75, 3.05) is 82.7 Å². The number of likely N-dealkylation sites (tertiary alicyclic amines) is 1. The molecule has 4 atom stereocenters. The number of unbranched alkanes of at least 4 members (excludes halogenated alkanes) is 2. The lowest BCUT2D eigenvalue weighted by Gasteiger charge is -2.35. The number of aliphatic hydroxyl groups is 1. The average molecular weight is 1210 g/mol. The molecule has 0 bridgehead atoms. The molecule has 4 N–H and O–H groups in total. The first-order valence-corrected chi connectivity index (χ1v) is 29.7. The number of nitrogens with zero attached hydrogens (tertiary/aromatic N) is 8. The number of hydrogen-bond donors (Lipinski definition) is 4. The number of β-amino-alcohol motifs (C(OH)–C–C–N with tert-alkyl or cyclic N) is 1. The van der Waals surface area contributed by atoms with Crippen LogP contribution in [0.25, 0.3) is 21.6 Å². The highest BCUT2D eigenvalue weighted by Gasteiger charge is 2.45. The maximum atomic E-state index is 14.1. The number of aliphatic hydroxyl groups excluding tert-OH is 1. The van der Waals surface area contributed by atoms with Crippen LogP contribution in [0, 0.1) is 19.3 Å². The lowest BCUT2D eigenvalue weighted by molar-refractivity contribution is -0.144. The van der Waals surface area contributed by atoms with Gasteiger partial charge in [0.15, 0.2) is 0 Å². The summed E-state index contributed by atoms with van der Waals surface area (Å²) in [6.45, 7) is 16.2. The van der Waals surface area contributed by atoms with Crippen molar-refractivity contribution in [2.24, 2.45) is 5.41 Å². The molecule has 25 heteroatoms. The molecule has 0 unspecified atom stereocenters. The summed E-state index contributed by atoms with van der Waals surface area (Å²) in [5.74, 6) is -1.34. The van der Waals surface area contributed by atoms with Gasteiger partial charge in [0.05, 0.1) is 105 Å². The van der Waals surface area contributed by atoms with E-state index in [1.165, 1.54) is 23.2 Å². The summed E-state index contributed by atoms with van der Waals surface area (Å²) in [5.41, 5.74) is 6.71. The predicted molar refractivity (Wildman–Crippen MR) is 316 cm³/mol. The smallest absolute Gasteiger partial charge is 0.416 e. The molecule has 6 aromatic rings. The van der Waals surface area contributed by atoms with Crippen LogP contribution in [0.15, 0.2) is 84.8 Å². The van der Waals surface area contributed by atoms with Crippen LogP contribution in [-0.4, -0.2) is 154 Å². The van der Waals surface area contributed by atoms with Gasteiger partial charge in [0.2, 0.25) is 23.6 Å². The van der Waals surface area contributed by atoms with Crippen molar-refractivity contribution in [2.45, 2.75) is 117 Å². The molecule has 6 heterocycles. The Labute approximate surface area is 502 Å². The molecule has 0 aliphatic carbocycles. The maximum absolute atomic E-state index is 14.1. The van der Waals surface area contributed by atoms with Crippen molar-refractivity contribution in [1.82, 2.24) is 45.5 Å². The molecule has 21 nitrogen and oxygen atoms in total. The Morgan fingerprint density at radius 3 is 2.28 bits per heavy atom. The maximum Gasteiger partial charge on any atom is 0.416 e. The Bertz CT molecular complexity index is 3220. The molecule has 86 heavy (non-hydrogen) atoms. The van der Waals surface area contributed by atoms with E-state index >= 15 is 0 Å². The minimum absolute atomic E-state index is 0.00849. The van der Waals surface area contributed by atoms with Gasteiger partial charge in [0.25, 0.3) is 5.91 Å². The number of aromatic nitrogens is 6. The fourth-order valence-electron chi connectivity index (χ4n) is 9.98. The van der Waals surface area contributed by atoms with Crippen LogP contribution < -0.4 is 25.6 Å². The van der Waals surface area contributed by atoms with Gasteiger partial charge in [-0.2, -0.15) is 13.2 Å². The molecule has 0 spiro atoms. The highest BCUT2D eigenvalue weighted by atomic mass is 32.1. The van der Waals surface area contributed by atoms with E-state index in [0.717, 1.165) is 52.4 Å². The highest BCUT2D eigenvalue weighted by Crippen LogP contribution is 2.35. The van der Waals surface area contributed by atoms with E-state index in [9.17, 15) is 37.5 Å². The van der Waals surface area contributed by atoms with Crippen LogP contribution in [0.1, 0.15) is 104 Å². The SMILES string of the molecule is Cc1ncc(NC(=O)c2cccc(C(F)(F)F)c2)cc1-c1cnc(OCCOCCOCCOCc2cn(CCCCCC(=O)N[C@@H](C(=O)N3C[C@H](O)C[C@H]3C(=O)N[C@@H](C)c3ccc(-c4scnc4C)cc3)C(C)(C)C)nn2)c(N2CCOCC2)c1. The number of alkyl halides is 3. The number of hydrogen-bond acceptors (Lipinski definition) is 17. The minimum atomic E-state index is -4.59. The number of halogens is 3. The Kier molecular flexibility index (Phi) is 22.7. The molecule has 2 aromatic carbocycles. The molecule has 2 aliphatic heterocycles. The van der Waals surface area contributed by atoms with Gasteiger partial charge in [-0.3, -0.25) is 28.8 Å². The zero-order chi connectivity index (χ0) is 61.4. The number of aryl methyl sites for hydroxylation is 3. The largest absolute Gasteiger partial charge is 0.474 e. The summed E-state index contributed by atoms with van der Waals surface area (Å²) < 4.78 is 70.5. The lowest BCUT2D eigenvalue weighted by atomic mass is 9.85. The number of carbonyl (C=O) groups excluding carboxylic acids is 4. The van der Waals surface area contributed by atoms with Gasteiger partial charge in [-0.25, -0.2) is 9.97 Å². The van der Waals surface area contributed by atoms with Gasteiger partial charge in [-0.1, -0.05) is 62.7 Å². The standard InChI is InChI=1S/C61H76F3N11O10S/c1-39(42-14-16-43(17-15-42)54-41(3)67-38-86-54)68-57(79)51-32-49(76)36-75(51)59(80)55(60(4,5)6)70-53(77)13-8-7-9-18-74-35-48(71-72-74)37-84-26-25-82-23-24-83-27-28-85-58-52(73-19-21-81-22-20-73)30-45(33-66-58)50-31-47(34-65-40(50)2)69-56(78)44-11-10-12-46(29-44)61(62,63)64/h10-12,14-17,29-31,33-35,38-39,49,51,55,76H,7-9,13,18-28,32,36-37H2,1-6H3,(H,68,79)(H,69,78)(H,70,77)/t39-,49+,51-,55-/m0/s1. The number of benzene rings is 2. The molecule has 4 aromatic heterocycles. The first-order chi connectivity index (χ1) is 41.2. The zero-order valence-corrected chi connectivity index (χ0v) is 50.2. The van der Waals surface area contributed by atoms with E-state index < -0.39 is 47.2 Å². The van der Waals surface area contributed by atoms with Crippen molar-refractivity contribution in [3.8, 4) is 27.4 Å². The summed E-state index contributed by atoms with van der Waals surface area (Å²) in [6.07, 6.45) is 1.82. The van der Waals surface area contributed by atoms with Gasteiger partial charge in [-0.15, -0.1) is 16.4 Å². The molecular formula is C61H76F3N11O10S. The Morgan fingerprint density at radius 1 is 0.837 bits per heavy atom. The van der Waals surface area contributed by atoms with E-state index in [4.69, 9.17) is 23.7 Å². The van der Waals surface area contributed by atoms with E-state index in [2.05, 4.69) is 46.1 Å². The number of anilines is 2. The summed E-state index contributed by atoms with van der Waals surface area (Å²) in [7, 11) is 0. The Balaban J connectivity index is 0.690. The molecule has 2 aliphatic rings. The molecule has 0 radical (unpaired) electrons. The van der Waals surface area contributed by atoms with Crippen molar-refractivity contribution in [3.05, 3.63) is 119 Å². The first-order valence-electron chi connectivity index (χ1n) is 28.8. The number of rotatable bonds is 28. The second kappa shape index (κ2) is 30.3. The van der Waals surface area contributed by atoms with Crippen LogP contribution >= 0.6 is 11.3 Å². The van der Waals surface area contributed by atoms with E-state index in [0.29, 0.717) is 99.8 Å². The molecule has 0 saturated carbocycles. The van der Waals surface area contributed by atoms with Gasteiger partial charge < -0.3 is 54.5 Å². The highest BCUT2D eigenvalue weighted by molar-refractivity contribution is 7.13. The fraction of sp³-hybridized carbons (Fsp3) is 0.492. The Hall–Kier alpha value is -7.42. The first kappa shape index (κ1) is 64.6. The number of pyridine rings is 2. The number of thiazole rings is 1. The lowest BCUT2D eigenvalue weighted by Crippen LogP contribution is -2.57. The quantitative estimate of drug-likeness (QED) is 0.0339. The average Bonchev–Trinajstić information content (AvgIpc) is 2.50. The van der Waals surface area contributed by atoms with Crippen molar-refractivity contribution in [1.29, 1.82) is 0 Å². The van der Waals surface area contributed by atoms with E-state index in [1.54, 1.807) is 28.3 Å². The van der Waals surface area contributed by atoms with Crippen LogP contribution in [-0.2, 0) is 52.7 Å². The van der Waals surface area contributed by atoms with Gasteiger partial charge in [0, 0.05) is 67.6 Å². The minimum Gasteiger partial charge on any atom is -0.474 e. The third-order valence-corrected chi connectivity index (χ3v) is 15.7. The number of ether oxygens (including phenoxy) is 5. The second-order valence-electron chi connectivity index (χ2n) is 22.3. The van der Waals surface area contributed by atoms with Crippen LogP contribution in [0.3, 0.4) is 0 Å². The second-order valence-corrected chi connectivity index (χ2v) is 23.2. The number of carbonyl (C=O) groups is 4. The van der Waals surface area contributed by atoms with Crippen LogP contribution in [0.4, 0.5) is 24.5 Å². The normalized spacial score (nSPS) is 16.2. The monoisotopic (exact) mass is 1210 g/mol. The van der Waals surface area contributed by atoms with Crippen LogP contribution in [0.5, 0.6) is 5.88 Å². The van der Waals surface area contributed by atoms with Crippen molar-refractivity contribution < 1.29 is 61.1 Å². The summed E-state index contributed by atoms with van der Waals surface area (Å²) >= 11 is 1.57. The fourth-order valence-corrected chi connectivity index (χ4v) is 10.8. The summed E-state index contributed by atoms with van der Waals surface area (Å²) in [4.78, 5) is 72.1. The third kappa shape index (κ3) is 18.1. The van der Waals surface area contributed by atoms with Gasteiger partial charge in [0.1, 0.15) is 30.1 Å². The van der Waals surface area contributed by atoms with E-state index in [1.807, 2.05) is 83.6 Å². The molecule has 2 saturated heterocycles. The summed E-state index contributed by atoms with van der Waals surface area (Å²) in [5, 5.41) is 27.7. The molecule has 2 fully saturated rings. The van der Waals surface area contributed by atoms with Crippen molar-refractivity contribution in [3.63, 3.8) is 0 Å². The molecule has 8 rings (SSSR count). The van der Waals surface area contributed by atoms with Crippen LogP contribution in [0.2, 0.25) is 0 Å². The number of amides is 4. The molecular weight excluding hydrogens is 1140 g/mol. The molecule has 462 valence electrons. The third-order valence-electron chi connectivity index (χ3n) is 14.7. The summed E-state index contributed by atoms with van der Waals surface area (Å²) in [6, 6.07) is 13.6. The van der Waals surface area contributed by atoms with Gasteiger partial charge >= 0.3 is 6.18 Å². The number of morpholine rings is 1. The van der Waals surface area contributed by atoms with Gasteiger partial charge in [-0.05, 0) is 80.5 Å². The number of nitrogens with one attached hydrogen (secondary N) is 3. The van der Waals surface area contributed by atoms with Crippen molar-refractivity contribution >= 4 is 46.3 Å². The molecule has 4 amide bonds. The van der Waals surface area contributed by atoms with E-state index in [-0.39, 0.29) is 62.6 Å². The Morgan fingerprint density at radius 2 is 1.57 bits per heavy atom.